The monoisotopic (exact) mass is 314 g/mol. The Morgan fingerprint density at radius 3 is 2.29 bits per heavy atom. The highest BCUT2D eigenvalue weighted by molar-refractivity contribution is 7.85. The molecule has 0 bridgehead atoms. The van der Waals surface area contributed by atoms with Gasteiger partial charge in [0.05, 0.1) is 19.5 Å². The Kier molecular flexibility index (Phi) is 8.38. The van der Waals surface area contributed by atoms with Crippen molar-refractivity contribution >= 4 is 10.1 Å². The van der Waals surface area contributed by atoms with Crippen LogP contribution in [0.3, 0.4) is 0 Å². The van der Waals surface area contributed by atoms with E-state index in [4.69, 9.17) is 8.92 Å². The van der Waals surface area contributed by atoms with Crippen LogP contribution in [-0.2, 0) is 20.7 Å². The van der Waals surface area contributed by atoms with Gasteiger partial charge in [-0.05, 0) is 37.0 Å². The Morgan fingerprint density at radius 2 is 1.67 bits per heavy atom. The molecule has 0 N–H and O–H groups in total. The highest BCUT2D eigenvalue weighted by Gasteiger charge is 2.01. The molecular formula is C16H26O4S. The third kappa shape index (κ3) is 9.47. The Morgan fingerprint density at radius 1 is 0.952 bits per heavy atom. The lowest BCUT2D eigenvalue weighted by Gasteiger charge is -2.07. The van der Waals surface area contributed by atoms with E-state index < -0.39 is 10.1 Å². The maximum absolute atomic E-state index is 10.8. The summed E-state index contributed by atoms with van der Waals surface area (Å²) >= 11 is 0. The number of aryl methyl sites for hydroxylation is 1. The number of hydrogen-bond acceptors (Lipinski definition) is 4. The molecule has 0 unspecified atom stereocenters. The average molecular weight is 314 g/mol. The molecule has 0 atom stereocenters. The van der Waals surface area contributed by atoms with E-state index in [0.717, 1.165) is 37.0 Å². The molecule has 1 rings (SSSR count). The number of ether oxygens (including phenoxy) is 1. The van der Waals surface area contributed by atoms with Crippen molar-refractivity contribution in [3.63, 3.8) is 0 Å². The van der Waals surface area contributed by atoms with Gasteiger partial charge in [0.1, 0.15) is 5.75 Å². The van der Waals surface area contributed by atoms with Gasteiger partial charge in [-0.1, -0.05) is 38.3 Å². The topological polar surface area (TPSA) is 52.6 Å². The van der Waals surface area contributed by atoms with Crippen LogP contribution >= 0.6 is 0 Å². The molecule has 0 saturated carbocycles. The van der Waals surface area contributed by atoms with Crippen molar-refractivity contribution in [1.29, 1.82) is 0 Å². The Labute approximate surface area is 128 Å². The normalized spacial score (nSPS) is 11.5. The third-order valence-corrected chi connectivity index (χ3v) is 3.69. The van der Waals surface area contributed by atoms with Gasteiger partial charge in [0, 0.05) is 0 Å². The number of hydrogen-bond donors (Lipinski definition) is 0. The van der Waals surface area contributed by atoms with Gasteiger partial charge >= 0.3 is 0 Å². The summed E-state index contributed by atoms with van der Waals surface area (Å²) in [6.45, 7) is 3.19. The summed E-state index contributed by atoms with van der Waals surface area (Å²) in [4.78, 5) is 0. The first-order valence-electron chi connectivity index (χ1n) is 7.57. The van der Waals surface area contributed by atoms with Gasteiger partial charge in [0.15, 0.2) is 0 Å². The Hall–Kier alpha value is -1.07. The fourth-order valence-corrected chi connectivity index (χ4v) is 2.38. The van der Waals surface area contributed by atoms with Crippen molar-refractivity contribution in [3.05, 3.63) is 29.8 Å². The molecule has 1 aromatic carbocycles. The van der Waals surface area contributed by atoms with Gasteiger partial charge in [-0.2, -0.15) is 8.42 Å². The van der Waals surface area contributed by atoms with Crippen LogP contribution in [0.1, 0.15) is 44.6 Å². The molecule has 0 radical (unpaired) electrons. The van der Waals surface area contributed by atoms with E-state index in [1.807, 2.05) is 24.3 Å². The van der Waals surface area contributed by atoms with Gasteiger partial charge in [0.25, 0.3) is 10.1 Å². The maximum Gasteiger partial charge on any atom is 0.264 e. The minimum absolute atomic E-state index is 0.231. The molecule has 4 nitrogen and oxygen atoms in total. The molecule has 0 amide bonds. The van der Waals surface area contributed by atoms with E-state index in [1.165, 1.54) is 19.3 Å². The van der Waals surface area contributed by atoms with E-state index in [0.29, 0.717) is 6.42 Å². The molecule has 0 aromatic heterocycles. The second-order valence-corrected chi connectivity index (χ2v) is 6.83. The summed E-state index contributed by atoms with van der Waals surface area (Å²) in [7, 11) is -3.32. The van der Waals surface area contributed by atoms with Crippen molar-refractivity contribution in [3.8, 4) is 5.75 Å². The zero-order valence-electron chi connectivity index (χ0n) is 13.0. The van der Waals surface area contributed by atoms with Crippen LogP contribution < -0.4 is 4.74 Å². The van der Waals surface area contributed by atoms with Crippen LogP contribution in [0.2, 0.25) is 0 Å². The molecule has 0 heterocycles. The summed E-state index contributed by atoms with van der Waals surface area (Å²) in [5.41, 5.74) is 1.16. The number of unbranched alkanes of at least 4 members (excludes halogenated alkanes) is 3. The lowest BCUT2D eigenvalue weighted by atomic mass is 10.1. The van der Waals surface area contributed by atoms with Crippen LogP contribution in [0.25, 0.3) is 0 Å². The smallest absolute Gasteiger partial charge is 0.264 e. The molecule has 0 aliphatic carbocycles. The van der Waals surface area contributed by atoms with Crippen molar-refractivity contribution in [2.75, 3.05) is 19.5 Å². The van der Waals surface area contributed by atoms with E-state index in [2.05, 4.69) is 6.92 Å². The summed E-state index contributed by atoms with van der Waals surface area (Å²) < 4.78 is 32.0. The predicted molar refractivity (Wildman–Crippen MR) is 85.2 cm³/mol. The van der Waals surface area contributed by atoms with Gasteiger partial charge < -0.3 is 4.74 Å². The van der Waals surface area contributed by atoms with Gasteiger partial charge in [-0.15, -0.1) is 0 Å². The molecule has 0 saturated heterocycles. The van der Waals surface area contributed by atoms with Crippen molar-refractivity contribution < 1.29 is 17.3 Å². The van der Waals surface area contributed by atoms with E-state index in [1.54, 1.807) is 0 Å². The number of benzene rings is 1. The molecule has 5 heteroatoms. The fraction of sp³-hybridized carbons (Fsp3) is 0.625. The molecule has 0 aliphatic heterocycles. The quantitative estimate of drug-likeness (QED) is 0.463. The average Bonchev–Trinajstić information content (AvgIpc) is 2.44. The first-order valence-corrected chi connectivity index (χ1v) is 9.39. The van der Waals surface area contributed by atoms with Gasteiger partial charge in [-0.25, -0.2) is 0 Å². The first kappa shape index (κ1) is 18.0. The molecule has 0 spiro atoms. The van der Waals surface area contributed by atoms with Crippen LogP contribution in [-0.4, -0.2) is 27.9 Å². The fourth-order valence-electron chi connectivity index (χ4n) is 1.96. The summed E-state index contributed by atoms with van der Waals surface area (Å²) in [6.07, 6.45) is 7.36. The third-order valence-electron chi connectivity index (χ3n) is 3.10. The maximum atomic E-state index is 10.8. The zero-order chi connectivity index (χ0) is 15.6. The molecular weight excluding hydrogens is 288 g/mol. The molecule has 1 aromatic rings. The predicted octanol–water partition coefficient (Wildman–Crippen LogP) is 3.55. The van der Waals surface area contributed by atoms with E-state index in [9.17, 15) is 8.42 Å². The van der Waals surface area contributed by atoms with Gasteiger partial charge in [0.2, 0.25) is 0 Å². The van der Waals surface area contributed by atoms with Crippen LogP contribution in [0.4, 0.5) is 0 Å². The molecule has 0 fully saturated rings. The van der Waals surface area contributed by atoms with Crippen molar-refractivity contribution in [2.24, 2.45) is 0 Å². The summed E-state index contributed by atoms with van der Waals surface area (Å²) in [5, 5.41) is 0. The largest absolute Gasteiger partial charge is 0.494 e. The van der Waals surface area contributed by atoms with E-state index >= 15 is 0 Å². The SMILES string of the molecule is CCCCCCOc1ccc(CCCOS(C)(=O)=O)cc1. The summed E-state index contributed by atoms with van der Waals surface area (Å²) in [6, 6.07) is 7.96. The standard InChI is InChI=1S/C16H26O4S/c1-3-4-5-6-13-19-16-11-9-15(10-12-16)8-7-14-20-21(2,17)18/h9-12H,3-8,13-14H2,1-2H3. The number of rotatable bonds is 11. The second-order valence-electron chi connectivity index (χ2n) is 5.18. The first-order chi connectivity index (χ1) is 10.0. The van der Waals surface area contributed by atoms with Gasteiger partial charge in [-0.3, -0.25) is 4.18 Å². The van der Waals surface area contributed by atoms with Crippen molar-refractivity contribution in [2.45, 2.75) is 45.4 Å². The minimum atomic E-state index is -3.32. The van der Waals surface area contributed by atoms with Crippen LogP contribution in [0, 0.1) is 0 Å². The Balaban J connectivity index is 2.21. The molecule has 21 heavy (non-hydrogen) atoms. The highest BCUT2D eigenvalue weighted by atomic mass is 32.2. The lowest BCUT2D eigenvalue weighted by Crippen LogP contribution is -2.04. The lowest BCUT2D eigenvalue weighted by molar-refractivity contribution is 0.305. The Bertz CT molecular complexity index is 480. The second kappa shape index (κ2) is 9.79. The van der Waals surface area contributed by atoms with Crippen molar-refractivity contribution in [1.82, 2.24) is 0 Å². The molecule has 0 aliphatic rings. The highest BCUT2D eigenvalue weighted by Crippen LogP contribution is 2.14. The summed E-state index contributed by atoms with van der Waals surface area (Å²) in [5.74, 6) is 0.891. The zero-order valence-corrected chi connectivity index (χ0v) is 13.8. The van der Waals surface area contributed by atoms with Crippen LogP contribution in [0.15, 0.2) is 24.3 Å². The molecule has 120 valence electrons. The van der Waals surface area contributed by atoms with E-state index in [-0.39, 0.29) is 6.61 Å². The van der Waals surface area contributed by atoms with Crippen LogP contribution in [0.5, 0.6) is 5.75 Å². The minimum Gasteiger partial charge on any atom is -0.494 e.